The molecule has 8 nitrogen and oxygen atoms in total. The quantitative estimate of drug-likeness (QED) is 0.476. The van der Waals surface area contributed by atoms with Crippen molar-refractivity contribution in [2.24, 2.45) is 5.92 Å². The maximum Gasteiger partial charge on any atom is 0.336 e. The van der Waals surface area contributed by atoms with Gasteiger partial charge in [-0.25, -0.2) is 13.2 Å². The first-order valence-electron chi connectivity index (χ1n) is 9.82. The van der Waals surface area contributed by atoms with Gasteiger partial charge in [0.1, 0.15) is 17.9 Å². The highest BCUT2D eigenvalue weighted by atomic mass is 32.2. The number of esters is 1. The Morgan fingerprint density at radius 1 is 1.10 bits per heavy atom. The summed E-state index contributed by atoms with van der Waals surface area (Å²) in [5, 5.41) is 10.1. The van der Waals surface area contributed by atoms with Crippen LogP contribution in [0, 0.1) is 5.92 Å². The smallest absolute Gasteiger partial charge is 0.336 e. The number of sulfonamides is 1. The van der Waals surface area contributed by atoms with E-state index in [0.717, 1.165) is 0 Å². The molecule has 0 unspecified atom stereocenters. The molecule has 1 N–H and O–H groups in total. The highest BCUT2D eigenvalue weighted by Crippen LogP contribution is 2.26. The molecule has 9 heteroatoms. The van der Waals surface area contributed by atoms with Gasteiger partial charge in [0, 0.05) is 36.2 Å². The van der Waals surface area contributed by atoms with Crippen molar-refractivity contribution in [2.75, 3.05) is 13.1 Å². The summed E-state index contributed by atoms with van der Waals surface area (Å²) in [6, 6.07) is 13.8. The van der Waals surface area contributed by atoms with E-state index in [2.05, 4.69) is 0 Å². The van der Waals surface area contributed by atoms with Crippen LogP contribution < -0.4 is 5.63 Å². The Morgan fingerprint density at radius 3 is 2.52 bits per heavy atom. The maximum atomic E-state index is 12.7. The van der Waals surface area contributed by atoms with Crippen molar-refractivity contribution in [1.29, 1.82) is 0 Å². The molecular weight excluding hydrogens is 422 g/mol. The number of aromatic hydroxyl groups is 1. The molecule has 31 heavy (non-hydrogen) atoms. The van der Waals surface area contributed by atoms with Gasteiger partial charge in [-0.3, -0.25) is 4.79 Å². The van der Waals surface area contributed by atoms with E-state index in [0.29, 0.717) is 23.8 Å². The minimum Gasteiger partial charge on any atom is -0.508 e. The fourth-order valence-corrected chi connectivity index (χ4v) is 5.17. The van der Waals surface area contributed by atoms with Crippen molar-refractivity contribution in [1.82, 2.24) is 4.31 Å². The van der Waals surface area contributed by atoms with E-state index >= 15 is 0 Å². The first kappa shape index (κ1) is 21.1. The highest BCUT2D eigenvalue weighted by molar-refractivity contribution is 7.89. The monoisotopic (exact) mass is 443 g/mol. The number of ether oxygens (including phenoxy) is 1. The summed E-state index contributed by atoms with van der Waals surface area (Å²) in [5.41, 5.74) is 0.0743. The predicted octanol–water partition coefficient (Wildman–Crippen LogP) is 2.64. The van der Waals surface area contributed by atoms with Crippen LogP contribution in [0.2, 0.25) is 0 Å². The molecule has 0 radical (unpaired) electrons. The molecule has 2 aromatic carbocycles. The maximum absolute atomic E-state index is 12.7. The Morgan fingerprint density at radius 2 is 1.81 bits per heavy atom. The summed E-state index contributed by atoms with van der Waals surface area (Å²) in [4.78, 5) is 24.5. The molecular formula is C22H21NO7S. The normalized spacial score (nSPS) is 15.7. The first-order chi connectivity index (χ1) is 14.8. The molecule has 1 aliphatic heterocycles. The van der Waals surface area contributed by atoms with Crippen molar-refractivity contribution in [2.45, 2.75) is 24.3 Å². The molecule has 0 bridgehead atoms. The minimum atomic E-state index is -3.58. The van der Waals surface area contributed by atoms with E-state index in [-0.39, 0.29) is 35.9 Å². The van der Waals surface area contributed by atoms with Gasteiger partial charge in [0.15, 0.2) is 0 Å². The summed E-state index contributed by atoms with van der Waals surface area (Å²) in [6.07, 6.45) is 0.715. The minimum absolute atomic E-state index is 0.0398. The summed E-state index contributed by atoms with van der Waals surface area (Å²) in [6.45, 7) is 0.344. The number of carbonyl (C=O) groups excluding carboxylic acids is 1. The van der Waals surface area contributed by atoms with Gasteiger partial charge in [-0.1, -0.05) is 18.2 Å². The van der Waals surface area contributed by atoms with E-state index in [4.69, 9.17) is 9.15 Å². The lowest BCUT2D eigenvalue weighted by Crippen LogP contribution is -2.40. The Hall–Kier alpha value is -3.17. The van der Waals surface area contributed by atoms with Gasteiger partial charge < -0.3 is 14.3 Å². The molecule has 0 saturated carbocycles. The van der Waals surface area contributed by atoms with Gasteiger partial charge in [-0.15, -0.1) is 0 Å². The lowest BCUT2D eigenvalue weighted by atomic mass is 9.98. The molecule has 3 aromatic rings. The average molecular weight is 443 g/mol. The average Bonchev–Trinajstić information content (AvgIpc) is 2.77. The zero-order valence-corrected chi connectivity index (χ0v) is 17.4. The van der Waals surface area contributed by atoms with Crippen LogP contribution >= 0.6 is 0 Å². The molecule has 0 spiro atoms. The number of hydrogen-bond donors (Lipinski definition) is 1. The lowest BCUT2D eigenvalue weighted by molar-refractivity contribution is -0.151. The van der Waals surface area contributed by atoms with Crippen LogP contribution in [-0.2, 0) is 26.2 Å². The highest BCUT2D eigenvalue weighted by Gasteiger charge is 2.32. The van der Waals surface area contributed by atoms with Crippen LogP contribution in [0.25, 0.3) is 11.0 Å². The molecule has 0 amide bonds. The zero-order chi connectivity index (χ0) is 22.0. The third-order valence-corrected chi connectivity index (χ3v) is 7.26. The van der Waals surface area contributed by atoms with Crippen molar-refractivity contribution < 1.29 is 27.5 Å². The van der Waals surface area contributed by atoms with Crippen LogP contribution in [0.1, 0.15) is 18.4 Å². The number of phenolic OH excluding ortho intramolecular Hbond substituents is 1. The molecule has 1 fully saturated rings. The van der Waals surface area contributed by atoms with Crippen molar-refractivity contribution >= 4 is 27.0 Å². The second-order valence-electron chi connectivity index (χ2n) is 7.37. The topological polar surface area (TPSA) is 114 Å². The molecule has 162 valence electrons. The first-order valence-corrected chi connectivity index (χ1v) is 11.3. The van der Waals surface area contributed by atoms with E-state index in [9.17, 15) is 23.1 Å². The van der Waals surface area contributed by atoms with Gasteiger partial charge in [0.05, 0.1) is 10.8 Å². The summed E-state index contributed by atoms with van der Waals surface area (Å²) >= 11 is 0. The van der Waals surface area contributed by atoms with Gasteiger partial charge in [-0.2, -0.15) is 4.31 Å². The van der Waals surface area contributed by atoms with Crippen LogP contribution in [0.5, 0.6) is 5.75 Å². The van der Waals surface area contributed by atoms with E-state index in [1.165, 1.54) is 22.5 Å². The SMILES string of the molecule is O=C(OCc1cc(=O)oc2cc(O)ccc12)C1CCN(S(=O)(=O)c2ccccc2)CC1. The Labute approximate surface area is 178 Å². The largest absolute Gasteiger partial charge is 0.508 e. The summed E-state index contributed by atoms with van der Waals surface area (Å²) in [7, 11) is -3.58. The number of phenols is 1. The van der Waals surface area contributed by atoms with Crippen molar-refractivity contribution in [3.8, 4) is 5.75 Å². The fraction of sp³-hybridized carbons (Fsp3) is 0.273. The third-order valence-electron chi connectivity index (χ3n) is 5.35. The second-order valence-corrected chi connectivity index (χ2v) is 9.31. The van der Waals surface area contributed by atoms with Gasteiger partial charge in [0.2, 0.25) is 10.0 Å². The number of carbonyl (C=O) groups is 1. The third kappa shape index (κ3) is 4.47. The molecule has 2 heterocycles. The van der Waals surface area contributed by atoms with Crippen molar-refractivity contribution in [3.05, 3.63) is 70.6 Å². The number of fused-ring (bicyclic) bond motifs is 1. The number of nitrogens with zero attached hydrogens (tertiary/aromatic N) is 1. The van der Waals surface area contributed by atoms with Crippen LogP contribution in [-0.4, -0.2) is 36.9 Å². The van der Waals surface area contributed by atoms with E-state index in [1.54, 1.807) is 36.4 Å². The van der Waals surface area contributed by atoms with Crippen LogP contribution in [0.4, 0.5) is 0 Å². The molecule has 0 atom stereocenters. The molecule has 0 aliphatic carbocycles. The summed E-state index contributed by atoms with van der Waals surface area (Å²) in [5.74, 6) is -0.892. The number of rotatable bonds is 5. The fourth-order valence-electron chi connectivity index (χ4n) is 3.68. The second kappa shape index (κ2) is 8.52. The van der Waals surface area contributed by atoms with Gasteiger partial charge >= 0.3 is 11.6 Å². The number of benzene rings is 2. The Kier molecular flexibility index (Phi) is 5.79. The predicted molar refractivity (Wildman–Crippen MR) is 112 cm³/mol. The zero-order valence-electron chi connectivity index (χ0n) is 16.6. The van der Waals surface area contributed by atoms with Crippen molar-refractivity contribution in [3.63, 3.8) is 0 Å². The van der Waals surface area contributed by atoms with Crippen LogP contribution in [0.3, 0.4) is 0 Å². The molecule has 1 aromatic heterocycles. The molecule has 1 aliphatic rings. The van der Waals surface area contributed by atoms with E-state index < -0.39 is 27.5 Å². The van der Waals surface area contributed by atoms with Gasteiger partial charge in [0.25, 0.3) is 0 Å². The molecule has 4 rings (SSSR count). The number of hydrogen-bond acceptors (Lipinski definition) is 7. The summed E-state index contributed by atoms with van der Waals surface area (Å²) < 4.78 is 37.3. The lowest BCUT2D eigenvalue weighted by Gasteiger charge is -2.30. The van der Waals surface area contributed by atoms with Crippen LogP contribution in [0.15, 0.2) is 68.7 Å². The Bertz CT molecular complexity index is 1260. The van der Waals surface area contributed by atoms with Gasteiger partial charge in [-0.05, 0) is 37.1 Å². The Balaban J connectivity index is 1.39. The van der Waals surface area contributed by atoms with E-state index in [1.807, 2.05) is 0 Å². The standard InChI is InChI=1S/C22H21NO7S/c24-17-6-7-19-16(12-21(25)30-20(19)13-17)14-29-22(26)15-8-10-23(11-9-15)31(27,28)18-4-2-1-3-5-18/h1-7,12-13,15,24H,8-11,14H2. The molecule has 1 saturated heterocycles. The number of piperidine rings is 1.